The van der Waals surface area contributed by atoms with Gasteiger partial charge in [0, 0.05) is 0 Å². The van der Waals surface area contributed by atoms with Gasteiger partial charge in [0.05, 0.1) is 11.8 Å². The molecule has 0 heterocycles. The van der Waals surface area contributed by atoms with Crippen LogP contribution < -0.4 is 11.5 Å². The van der Waals surface area contributed by atoms with Crippen molar-refractivity contribution in [2.75, 3.05) is 18.3 Å². The molecule has 0 bridgehead atoms. The molecular weight excluding hydrogens is 215 g/mol. The van der Waals surface area contributed by atoms with Gasteiger partial charge in [0.2, 0.25) is 0 Å². The molecule has 13 heavy (non-hydrogen) atoms. The molecule has 0 fully saturated rings. The van der Waals surface area contributed by atoms with Crippen LogP contribution in [0.25, 0.3) is 0 Å². The van der Waals surface area contributed by atoms with Gasteiger partial charge in [-0.1, -0.05) is 0 Å². The fourth-order valence-electron chi connectivity index (χ4n) is 0.900. The summed E-state index contributed by atoms with van der Waals surface area (Å²) in [6, 6.07) is 0. The highest BCUT2D eigenvalue weighted by atomic mass is 35.5. The topological polar surface area (TPSA) is 86.2 Å². The molecule has 6 heteroatoms. The van der Waals surface area contributed by atoms with Crippen molar-refractivity contribution in [3.63, 3.8) is 0 Å². The van der Waals surface area contributed by atoms with Crippen LogP contribution in [0.5, 0.6) is 0 Å². The highest BCUT2D eigenvalue weighted by molar-refractivity contribution is 6.36. The Balaban J connectivity index is 4.71. The number of nitrogens with two attached hydrogens (primary N) is 2. The second-order valence-electron chi connectivity index (χ2n) is 2.62. The van der Waals surface area contributed by atoms with Crippen molar-refractivity contribution in [3.05, 3.63) is 0 Å². The van der Waals surface area contributed by atoms with Gasteiger partial charge >= 0.3 is 0 Å². The molecule has 0 aromatic rings. The Labute approximate surface area is 86.5 Å². The third-order valence-electron chi connectivity index (χ3n) is 1.78. The molecule has 0 spiro atoms. The van der Waals surface area contributed by atoms with Crippen molar-refractivity contribution < 1.29 is 9.59 Å². The Morgan fingerprint density at radius 1 is 1.15 bits per heavy atom. The van der Waals surface area contributed by atoms with E-state index >= 15 is 0 Å². The van der Waals surface area contributed by atoms with E-state index in [2.05, 4.69) is 0 Å². The predicted octanol–water partition coefficient (Wildman–Crippen LogP) is -0.351. The fraction of sp³-hybridized carbons (Fsp3) is 0.714. The minimum atomic E-state index is -1.60. The van der Waals surface area contributed by atoms with E-state index in [0.717, 1.165) is 0 Å². The number of halogens is 2. The molecule has 0 rings (SSSR count). The van der Waals surface area contributed by atoms with E-state index in [1.807, 2.05) is 0 Å². The summed E-state index contributed by atoms with van der Waals surface area (Å²) in [6.45, 7) is 0.141. The van der Waals surface area contributed by atoms with E-state index < -0.39 is 17.1 Å². The first-order chi connectivity index (χ1) is 6.02. The van der Waals surface area contributed by atoms with Crippen LogP contribution in [0.2, 0.25) is 0 Å². The van der Waals surface area contributed by atoms with Gasteiger partial charge in [-0.15, -0.1) is 23.2 Å². The van der Waals surface area contributed by atoms with Gasteiger partial charge in [0.25, 0.3) is 0 Å². The van der Waals surface area contributed by atoms with Crippen LogP contribution in [0.1, 0.15) is 6.42 Å². The minimum Gasteiger partial charge on any atom is -0.330 e. The monoisotopic (exact) mass is 226 g/mol. The van der Waals surface area contributed by atoms with Crippen molar-refractivity contribution in [3.8, 4) is 0 Å². The smallest absolute Gasteiger partial charge is 0.175 e. The standard InChI is InChI=1S/C7H12Cl2N2O2/c8-3-5(12)7(11,1-2-10)6(13)4-9/h1-4,10-11H2. The lowest BCUT2D eigenvalue weighted by Crippen LogP contribution is -2.57. The van der Waals surface area contributed by atoms with E-state index in [0.29, 0.717) is 0 Å². The molecule has 0 unspecified atom stereocenters. The fourth-order valence-corrected chi connectivity index (χ4v) is 1.38. The zero-order valence-electron chi connectivity index (χ0n) is 7.06. The van der Waals surface area contributed by atoms with Gasteiger partial charge in [0.1, 0.15) is 5.54 Å². The summed E-state index contributed by atoms with van der Waals surface area (Å²) >= 11 is 10.6. The van der Waals surface area contributed by atoms with Crippen LogP contribution in [-0.2, 0) is 9.59 Å². The second-order valence-corrected chi connectivity index (χ2v) is 3.16. The summed E-state index contributed by atoms with van der Waals surface area (Å²) in [7, 11) is 0. The normalized spacial score (nSPS) is 11.4. The predicted molar refractivity (Wildman–Crippen MR) is 52.0 cm³/mol. The van der Waals surface area contributed by atoms with Gasteiger partial charge in [-0.2, -0.15) is 0 Å². The molecule has 4 N–H and O–H groups in total. The first-order valence-electron chi connectivity index (χ1n) is 3.70. The van der Waals surface area contributed by atoms with Crippen LogP contribution in [0.15, 0.2) is 0 Å². The van der Waals surface area contributed by atoms with Crippen molar-refractivity contribution >= 4 is 34.8 Å². The molecule has 76 valence electrons. The maximum absolute atomic E-state index is 11.2. The molecule has 0 aliphatic rings. The number of alkyl halides is 2. The Morgan fingerprint density at radius 2 is 1.54 bits per heavy atom. The van der Waals surface area contributed by atoms with E-state index in [9.17, 15) is 9.59 Å². The summed E-state index contributed by atoms with van der Waals surface area (Å²) < 4.78 is 0. The number of ketones is 2. The van der Waals surface area contributed by atoms with Gasteiger partial charge in [-0.3, -0.25) is 9.59 Å². The summed E-state index contributed by atoms with van der Waals surface area (Å²) in [6.07, 6.45) is 0.0735. The van der Waals surface area contributed by atoms with Gasteiger partial charge in [0.15, 0.2) is 11.6 Å². The Bertz CT molecular complexity index is 193. The quantitative estimate of drug-likeness (QED) is 0.479. The molecule has 0 atom stereocenters. The average molecular weight is 227 g/mol. The second kappa shape index (κ2) is 5.54. The van der Waals surface area contributed by atoms with Crippen LogP contribution in [-0.4, -0.2) is 35.4 Å². The van der Waals surface area contributed by atoms with Crippen molar-refractivity contribution in [1.29, 1.82) is 0 Å². The zero-order chi connectivity index (χ0) is 10.5. The molecule has 0 aliphatic carbocycles. The van der Waals surface area contributed by atoms with Crippen LogP contribution in [0, 0.1) is 0 Å². The maximum atomic E-state index is 11.2. The zero-order valence-corrected chi connectivity index (χ0v) is 8.57. The minimum absolute atomic E-state index is 0.0735. The molecule has 0 aromatic heterocycles. The number of hydrogen-bond donors (Lipinski definition) is 2. The lowest BCUT2D eigenvalue weighted by Gasteiger charge is -2.23. The molecule has 0 saturated heterocycles. The summed E-state index contributed by atoms with van der Waals surface area (Å²) in [5.74, 6) is -1.69. The highest BCUT2D eigenvalue weighted by Gasteiger charge is 2.39. The SMILES string of the molecule is NCCC(N)(C(=O)CCl)C(=O)CCl. The van der Waals surface area contributed by atoms with Crippen LogP contribution in [0.4, 0.5) is 0 Å². The van der Waals surface area contributed by atoms with Crippen LogP contribution >= 0.6 is 23.2 Å². The molecule has 0 aliphatic heterocycles. The van der Waals surface area contributed by atoms with E-state index in [1.54, 1.807) is 0 Å². The summed E-state index contributed by atoms with van der Waals surface area (Å²) in [5, 5.41) is 0. The Morgan fingerprint density at radius 3 is 1.77 bits per heavy atom. The average Bonchev–Trinajstić information content (AvgIpc) is 2.15. The Hall–Kier alpha value is -0.160. The van der Waals surface area contributed by atoms with Gasteiger partial charge in [-0.05, 0) is 13.0 Å². The molecule has 0 aromatic carbocycles. The summed E-state index contributed by atoms with van der Waals surface area (Å²) in [5.41, 5.74) is 9.20. The molecule has 0 saturated carbocycles. The summed E-state index contributed by atoms with van der Waals surface area (Å²) in [4.78, 5) is 22.5. The largest absolute Gasteiger partial charge is 0.330 e. The number of carbonyl (C=O) groups is 2. The molecule has 0 radical (unpaired) electrons. The van der Waals surface area contributed by atoms with Crippen molar-refractivity contribution in [2.24, 2.45) is 11.5 Å². The maximum Gasteiger partial charge on any atom is 0.175 e. The van der Waals surface area contributed by atoms with Crippen molar-refractivity contribution in [1.82, 2.24) is 0 Å². The molecule has 4 nitrogen and oxygen atoms in total. The molecular formula is C7H12Cl2N2O2. The lowest BCUT2D eigenvalue weighted by molar-refractivity contribution is -0.132. The first kappa shape index (κ1) is 12.8. The molecule has 0 amide bonds. The third kappa shape index (κ3) is 2.91. The van der Waals surface area contributed by atoms with E-state index in [4.69, 9.17) is 34.7 Å². The number of carbonyl (C=O) groups excluding carboxylic acids is 2. The number of Topliss-reactive ketones (excluding diaryl/α,β-unsaturated/α-hetero) is 2. The number of rotatable bonds is 6. The highest BCUT2D eigenvalue weighted by Crippen LogP contribution is 2.11. The van der Waals surface area contributed by atoms with Crippen LogP contribution in [0.3, 0.4) is 0 Å². The Kier molecular flexibility index (Phi) is 5.48. The van der Waals surface area contributed by atoms with Gasteiger partial charge < -0.3 is 11.5 Å². The van der Waals surface area contributed by atoms with E-state index in [-0.39, 0.29) is 24.7 Å². The first-order valence-corrected chi connectivity index (χ1v) is 4.77. The lowest BCUT2D eigenvalue weighted by atomic mass is 9.88. The third-order valence-corrected chi connectivity index (χ3v) is 2.26. The van der Waals surface area contributed by atoms with Crippen molar-refractivity contribution in [2.45, 2.75) is 12.0 Å². The van der Waals surface area contributed by atoms with E-state index in [1.165, 1.54) is 0 Å². The number of hydrogen-bond acceptors (Lipinski definition) is 4. The van der Waals surface area contributed by atoms with Gasteiger partial charge in [-0.25, -0.2) is 0 Å².